The van der Waals surface area contributed by atoms with Gasteiger partial charge in [-0.05, 0) is 12.5 Å². The van der Waals surface area contributed by atoms with Gasteiger partial charge in [0.05, 0.1) is 0 Å². The summed E-state index contributed by atoms with van der Waals surface area (Å²) < 4.78 is 0. The first-order chi connectivity index (χ1) is 5.34. The van der Waals surface area contributed by atoms with E-state index in [2.05, 4.69) is 0 Å². The molecular formula is C9H11OP. The van der Waals surface area contributed by atoms with Crippen LogP contribution in [0, 0.1) is 0 Å². The zero-order valence-electron chi connectivity index (χ0n) is 6.41. The Kier molecular flexibility index (Phi) is 3.13. The second kappa shape index (κ2) is 4.15. The lowest BCUT2D eigenvalue weighted by molar-refractivity contribution is 0.513. The van der Waals surface area contributed by atoms with Gasteiger partial charge in [-0.25, -0.2) is 0 Å². The summed E-state index contributed by atoms with van der Waals surface area (Å²) in [5.74, 6) is 2.21. The predicted molar refractivity (Wildman–Crippen MR) is 51.3 cm³/mol. The molecule has 0 aliphatic heterocycles. The lowest BCUT2D eigenvalue weighted by atomic mass is 10.2. The van der Waals surface area contributed by atoms with Crippen LogP contribution in [0.5, 0.6) is 0 Å². The lowest BCUT2D eigenvalue weighted by Gasteiger charge is -1.97. The molecule has 0 bridgehead atoms. The van der Waals surface area contributed by atoms with Crippen LogP contribution < -0.4 is 0 Å². The van der Waals surface area contributed by atoms with E-state index in [1.165, 1.54) is 0 Å². The molecule has 0 radical (unpaired) electrons. The summed E-state index contributed by atoms with van der Waals surface area (Å²) in [6.07, 6.45) is 0. The van der Waals surface area contributed by atoms with Crippen LogP contribution in [-0.4, -0.2) is 11.8 Å². The third-order valence-electron chi connectivity index (χ3n) is 1.35. The van der Waals surface area contributed by atoms with E-state index >= 15 is 0 Å². The highest BCUT2D eigenvalue weighted by Gasteiger charge is 1.93. The van der Waals surface area contributed by atoms with Gasteiger partial charge in [-0.3, -0.25) is 0 Å². The Morgan fingerprint density at radius 1 is 1.36 bits per heavy atom. The van der Waals surface area contributed by atoms with Crippen molar-refractivity contribution in [3.05, 3.63) is 41.7 Å². The summed E-state index contributed by atoms with van der Waals surface area (Å²) in [6, 6.07) is 9.55. The Hall–Kier alpha value is -0.810. The molecule has 0 amide bonds. The van der Waals surface area contributed by atoms with Gasteiger partial charge in [-0.15, -0.1) is 0 Å². The molecule has 1 rings (SSSR count). The fourth-order valence-electron chi connectivity index (χ4n) is 0.829. The molecule has 0 aromatic heterocycles. The second-order valence-corrected chi connectivity index (χ2v) is 3.05. The fraction of sp³-hybridized carbons (Fsp3) is 0.111. The van der Waals surface area contributed by atoms with Crippen molar-refractivity contribution in [2.45, 2.75) is 0 Å². The van der Waals surface area contributed by atoms with Gasteiger partial charge in [0.15, 0.2) is 0 Å². The van der Waals surface area contributed by atoms with Crippen molar-refractivity contribution >= 4 is 14.3 Å². The zero-order valence-corrected chi connectivity index (χ0v) is 7.41. The van der Waals surface area contributed by atoms with Crippen molar-refractivity contribution in [2.24, 2.45) is 0 Å². The molecular weight excluding hydrogens is 155 g/mol. The highest BCUT2D eigenvalue weighted by Crippen LogP contribution is 2.16. The molecule has 0 spiro atoms. The first-order valence-corrected chi connectivity index (χ1v) is 5.04. The Morgan fingerprint density at radius 3 is 2.55 bits per heavy atom. The maximum Gasteiger partial charge on any atom is 0.122 e. The molecule has 11 heavy (non-hydrogen) atoms. The van der Waals surface area contributed by atoms with Gasteiger partial charge >= 0.3 is 0 Å². The molecule has 58 valence electrons. The first-order valence-electron chi connectivity index (χ1n) is 3.46. The van der Waals surface area contributed by atoms with Crippen LogP contribution in [0.25, 0.3) is 5.76 Å². The van der Waals surface area contributed by atoms with Crippen molar-refractivity contribution in [3.8, 4) is 0 Å². The van der Waals surface area contributed by atoms with Crippen LogP contribution in [0.4, 0.5) is 0 Å². The minimum atomic E-state index is 0.381. The van der Waals surface area contributed by atoms with Crippen molar-refractivity contribution in [1.29, 1.82) is 0 Å². The van der Waals surface area contributed by atoms with Crippen molar-refractivity contribution < 1.29 is 5.11 Å². The maximum atomic E-state index is 9.39. The van der Waals surface area contributed by atoms with Crippen LogP contribution in [-0.2, 0) is 0 Å². The Labute approximate surface area is 68.5 Å². The maximum absolute atomic E-state index is 9.39. The van der Waals surface area contributed by atoms with Crippen molar-refractivity contribution in [2.75, 3.05) is 6.66 Å². The smallest absolute Gasteiger partial charge is 0.122 e. The number of hydrogen-bond acceptors (Lipinski definition) is 1. The highest BCUT2D eigenvalue weighted by molar-refractivity contribution is 7.41. The molecule has 0 fully saturated rings. The van der Waals surface area contributed by atoms with E-state index in [-0.39, 0.29) is 0 Å². The van der Waals surface area contributed by atoms with Crippen LogP contribution in [0.3, 0.4) is 0 Å². The summed E-state index contributed by atoms with van der Waals surface area (Å²) in [6.45, 7) is 2.03. The summed E-state index contributed by atoms with van der Waals surface area (Å²) >= 11 is 0. The SMILES string of the molecule is CP/C=C(\O)c1ccccc1. The van der Waals surface area contributed by atoms with Gasteiger partial charge in [0, 0.05) is 5.56 Å². The van der Waals surface area contributed by atoms with Gasteiger partial charge < -0.3 is 5.11 Å². The Morgan fingerprint density at radius 2 is 2.00 bits per heavy atom. The molecule has 1 unspecified atom stereocenters. The van der Waals surface area contributed by atoms with Crippen molar-refractivity contribution in [3.63, 3.8) is 0 Å². The van der Waals surface area contributed by atoms with E-state index in [0.717, 1.165) is 5.56 Å². The van der Waals surface area contributed by atoms with Crippen LogP contribution in [0.15, 0.2) is 36.1 Å². The minimum Gasteiger partial charge on any atom is -0.507 e. The van der Waals surface area contributed by atoms with Gasteiger partial charge in [0.2, 0.25) is 0 Å². The quantitative estimate of drug-likeness (QED) is 0.529. The normalized spacial score (nSPS) is 12.6. The molecule has 1 aromatic rings. The number of aliphatic hydroxyl groups is 1. The number of aliphatic hydroxyl groups excluding tert-OH is 1. The summed E-state index contributed by atoms with van der Waals surface area (Å²) in [7, 11) is 0.652. The third-order valence-corrected chi connectivity index (χ3v) is 1.91. The van der Waals surface area contributed by atoms with Crippen molar-refractivity contribution in [1.82, 2.24) is 0 Å². The molecule has 1 nitrogen and oxygen atoms in total. The molecule has 0 saturated carbocycles. The molecule has 0 aliphatic carbocycles. The van der Waals surface area contributed by atoms with E-state index < -0.39 is 0 Å². The molecule has 0 heterocycles. The predicted octanol–water partition coefficient (Wildman–Crippen LogP) is 2.85. The fourth-order valence-corrected chi connectivity index (χ4v) is 1.27. The van der Waals surface area contributed by atoms with E-state index in [1.54, 1.807) is 0 Å². The van der Waals surface area contributed by atoms with Crippen LogP contribution in [0.1, 0.15) is 5.56 Å². The average Bonchev–Trinajstić information content (AvgIpc) is 2.07. The van der Waals surface area contributed by atoms with E-state index in [1.807, 2.05) is 42.8 Å². The lowest BCUT2D eigenvalue weighted by Crippen LogP contribution is -1.78. The van der Waals surface area contributed by atoms with Crippen LogP contribution in [0.2, 0.25) is 0 Å². The number of rotatable bonds is 2. The molecule has 1 aromatic carbocycles. The van der Waals surface area contributed by atoms with E-state index in [9.17, 15) is 5.11 Å². The zero-order chi connectivity index (χ0) is 8.10. The second-order valence-electron chi connectivity index (χ2n) is 2.18. The topological polar surface area (TPSA) is 20.2 Å². The molecule has 0 aliphatic rings. The Balaban J connectivity index is 2.85. The summed E-state index contributed by atoms with van der Waals surface area (Å²) in [5.41, 5.74) is 0.891. The molecule has 2 heteroatoms. The minimum absolute atomic E-state index is 0.381. The third kappa shape index (κ3) is 2.36. The van der Waals surface area contributed by atoms with Gasteiger partial charge in [0.25, 0.3) is 0 Å². The summed E-state index contributed by atoms with van der Waals surface area (Å²) in [5, 5.41) is 9.39. The van der Waals surface area contributed by atoms with E-state index in [0.29, 0.717) is 14.3 Å². The molecule has 0 saturated heterocycles. The van der Waals surface area contributed by atoms with Gasteiger partial charge in [-0.2, -0.15) is 0 Å². The van der Waals surface area contributed by atoms with Gasteiger partial charge in [0.1, 0.15) is 5.76 Å². The highest BCUT2D eigenvalue weighted by atomic mass is 31.1. The monoisotopic (exact) mass is 166 g/mol. The average molecular weight is 166 g/mol. The van der Waals surface area contributed by atoms with Gasteiger partial charge in [-0.1, -0.05) is 38.9 Å². The molecule has 1 N–H and O–H groups in total. The molecule has 1 atom stereocenters. The Bertz CT molecular complexity index is 241. The van der Waals surface area contributed by atoms with Crippen LogP contribution >= 0.6 is 8.58 Å². The largest absolute Gasteiger partial charge is 0.507 e. The standard InChI is InChI=1S/C9H11OP/c1-11-7-9(10)8-5-3-2-4-6-8/h2-7,10-11H,1H3/b9-7-. The number of benzene rings is 1. The van der Waals surface area contributed by atoms with E-state index in [4.69, 9.17) is 0 Å². The number of hydrogen-bond donors (Lipinski definition) is 1. The first kappa shape index (κ1) is 8.29. The summed E-state index contributed by atoms with van der Waals surface area (Å²) in [4.78, 5) is 0.